The second-order valence-corrected chi connectivity index (χ2v) is 3.76. The number of nitro benzene ring substituents is 1. The Morgan fingerprint density at radius 2 is 1.79 bits per heavy atom. The van der Waals surface area contributed by atoms with Crippen LogP contribution in [0, 0.1) is 15.9 Å². The van der Waals surface area contributed by atoms with Gasteiger partial charge in [-0.05, 0) is 0 Å². The number of benzene rings is 1. The van der Waals surface area contributed by atoms with Gasteiger partial charge in [-0.2, -0.15) is 0 Å². The highest BCUT2D eigenvalue weighted by Gasteiger charge is 2.28. The molecule has 100 valence electrons. The lowest BCUT2D eigenvalue weighted by Crippen LogP contribution is -2.40. The van der Waals surface area contributed by atoms with Crippen LogP contribution < -0.4 is 11.1 Å². The molecule has 0 unspecified atom stereocenters. The molecule has 0 aliphatic rings. The highest BCUT2D eigenvalue weighted by Crippen LogP contribution is 2.33. The molecule has 0 spiro atoms. The van der Waals surface area contributed by atoms with Gasteiger partial charge in [0, 0.05) is 6.07 Å². The SMILES string of the molecule is O=c1c(=O)n(O)c2c([N+](=O)[O-])c(Cl)c(F)cc2n1O. The number of nitro groups is 1. The number of aromatic nitrogens is 2. The molecule has 2 rings (SSSR count). The second-order valence-electron chi connectivity index (χ2n) is 3.38. The van der Waals surface area contributed by atoms with E-state index in [0.29, 0.717) is 6.07 Å². The van der Waals surface area contributed by atoms with Gasteiger partial charge in [0.2, 0.25) is 0 Å². The van der Waals surface area contributed by atoms with Crippen LogP contribution in [0.4, 0.5) is 10.1 Å². The molecule has 2 aromatic rings. The Labute approximate surface area is 106 Å². The maximum atomic E-state index is 13.4. The molecule has 19 heavy (non-hydrogen) atoms. The lowest BCUT2D eigenvalue weighted by atomic mass is 10.2. The van der Waals surface area contributed by atoms with E-state index in [9.17, 15) is 34.5 Å². The molecule has 0 fully saturated rings. The Morgan fingerprint density at radius 3 is 2.32 bits per heavy atom. The van der Waals surface area contributed by atoms with Gasteiger partial charge in [0.15, 0.2) is 16.4 Å². The van der Waals surface area contributed by atoms with E-state index in [4.69, 9.17) is 11.6 Å². The normalized spacial score (nSPS) is 10.8. The summed E-state index contributed by atoms with van der Waals surface area (Å²) in [5.41, 5.74) is -6.09. The summed E-state index contributed by atoms with van der Waals surface area (Å²) in [5, 5.41) is 28.6. The van der Waals surface area contributed by atoms with Crippen molar-refractivity contribution in [2.24, 2.45) is 0 Å². The van der Waals surface area contributed by atoms with Crippen molar-refractivity contribution in [2.45, 2.75) is 0 Å². The minimum atomic E-state index is -1.65. The number of hydrogen-bond donors (Lipinski definition) is 2. The van der Waals surface area contributed by atoms with Crippen molar-refractivity contribution in [1.29, 1.82) is 0 Å². The van der Waals surface area contributed by atoms with E-state index in [1.807, 2.05) is 0 Å². The van der Waals surface area contributed by atoms with Crippen molar-refractivity contribution in [3.05, 3.63) is 47.7 Å². The van der Waals surface area contributed by atoms with Crippen LogP contribution in [0.5, 0.6) is 0 Å². The lowest BCUT2D eigenvalue weighted by molar-refractivity contribution is -0.383. The minimum Gasteiger partial charge on any atom is -0.425 e. The van der Waals surface area contributed by atoms with Crippen molar-refractivity contribution in [3.8, 4) is 0 Å². The van der Waals surface area contributed by atoms with Gasteiger partial charge in [-0.3, -0.25) is 19.7 Å². The fraction of sp³-hybridized carbons (Fsp3) is 0. The van der Waals surface area contributed by atoms with E-state index in [-0.39, 0.29) is 9.46 Å². The first-order chi connectivity index (χ1) is 8.77. The third kappa shape index (κ3) is 1.61. The first-order valence-electron chi connectivity index (χ1n) is 4.50. The van der Waals surface area contributed by atoms with Crippen molar-refractivity contribution >= 4 is 28.3 Å². The molecule has 0 saturated heterocycles. The summed E-state index contributed by atoms with van der Waals surface area (Å²) in [5.74, 6) is -1.30. The minimum absolute atomic E-state index is 0.309. The molecule has 0 aliphatic carbocycles. The standard InChI is InChI=1S/C8H3ClFN3O6/c9-4-2(10)1-3-5(6(4)13(18)19)12(17)8(15)7(14)11(3)16/h1,16-17H. The molecule has 0 aliphatic heterocycles. The molecule has 1 aromatic carbocycles. The van der Waals surface area contributed by atoms with Crippen molar-refractivity contribution < 1.29 is 19.7 Å². The Kier molecular flexibility index (Phi) is 2.67. The topological polar surface area (TPSA) is 128 Å². The Balaban J connectivity index is 3.28. The zero-order valence-electron chi connectivity index (χ0n) is 8.70. The summed E-state index contributed by atoms with van der Waals surface area (Å²) in [6.07, 6.45) is 0. The molecule has 0 bridgehead atoms. The highest BCUT2D eigenvalue weighted by molar-refractivity contribution is 6.34. The van der Waals surface area contributed by atoms with Gasteiger partial charge in [0.1, 0.15) is 5.52 Å². The number of fused-ring (bicyclic) bond motifs is 1. The molecule has 1 heterocycles. The number of halogens is 2. The maximum absolute atomic E-state index is 13.4. The molecule has 2 N–H and O–H groups in total. The third-order valence-corrected chi connectivity index (χ3v) is 2.70. The molecule has 0 saturated carbocycles. The first kappa shape index (κ1) is 12.8. The predicted molar refractivity (Wildman–Crippen MR) is 58.5 cm³/mol. The summed E-state index contributed by atoms with van der Waals surface area (Å²) in [6.45, 7) is 0. The van der Waals surface area contributed by atoms with Gasteiger partial charge in [-0.1, -0.05) is 11.6 Å². The third-order valence-electron chi connectivity index (χ3n) is 2.34. The summed E-state index contributed by atoms with van der Waals surface area (Å²) >= 11 is 5.37. The molecular formula is C8H3ClFN3O6. The van der Waals surface area contributed by atoms with Crippen LogP contribution >= 0.6 is 11.6 Å². The fourth-order valence-electron chi connectivity index (χ4n) is 1.52. The molecule has 11 heteroatoms. The summed E-state index contributed by atoms with van der Waals surface area (Å²) in [4.78, 5) is 32.1. The quantitative estimate of drug-likeness (QED) is 0.337. The van der Waals surface area contributed by atoms with E-state index in [0.717, 1.165) is 0 Å². The van der Waals surface area contributed by atoms with E-state index in [1.54, 1.807) is 0 Å². The smallest absolute Gasteiger partial charge is 0.352 e. The molecule has 1 aromatic heterocycles. The Hall–Kier alpha value is -2.62. The predicted octanol–water partition coefficient (Wildman–Crippen LogP) is 0.339. The fourth-order valence-corrected chi connectivity index (χ4v) is 1.73. The molecule has 0 atom stereocenters. The Bertz CT molecular complexity index is 841. The van der Waals surface area contributed by atoms with Crippen LogP contribution in [0.25, 0.3) is 11.0 Å². The van der Waals surface area contributed by atoms with E-state index in [1.165, 1.54) is 0 Å². The number of rotatable bonds is 1. The van der Waals surface area contributed by atoms with Gasteiger partial charge >= 0.3 is 16.8 Å². The summed E-state index contributed by atoms with van der Waals surface area (Å²) < 4.78 is 12.7. The average molecular weight is 292 g/mol. The van der Waals surface area contributed by atoms with Crippen LogP contribution in [-0.2, 0) is 0 Å². The lowest BCUT2D eigenvalue weighted by Gasteiger charge is -2.07. The monoisotopic (exact) mass is 291 g/mol. The van der Waals surface area contributed by atoms with Gasteiger partial charge in [0.05, 0.1) is 4.92 Å². The molecular weight excluding hydrogens is 289 g/mol. The average Bonchev–Trinajstić information content (AvgIpc) is 2.35. The van der Waals surface area contributed by atoms with Gasteiger partial charge in [0.25, 0.3) is 0 Å². The largest absolute Gasteiger partial charge is 0.425 e. The Morgan fingerprint density at radius 1 is 1.26 bits per heavy atom. The molecule has 9 nitrogen and oxygen atoms in total. The van der Waals surface area contributed by atoms with E-state index >= 15 is 0 Å². The van der Waals surface area contributed by atoms with Crippen LogP contribution in [0.3, 0.4) is 0 Å². The summed E-state index contributed by atoms with van der Waals surface area (Å²) in [6, 6.07) is 0.470. The van der Waals surface area contributed by atoms with Crippen LogP contribution in [0.15, 0.2) is 15.7 Å². The van der Waals surface area contributed by atoms with Crippen molar-refractivity contribution in [2.75, 3.05) is 0 Å². The molecule has 0 radical (unpaired) electrons. The van der Waals surface area contributed by atoms with Gasteiger partial charge in [-0.15, -0.1) is 9.46 Å². The van der Waals surface area contributed by atoms with Crippen molar-refractivity contribution in [3.63, 3.8) is 0 Å². The van der Waals surface area contributed by atoms with Crippen molar-refractivity contribution in [1.82, 2.24) is 9.46 Å². The highest BCUT2D eigenvalue weighted by atomic mass is 35.5. The first-order valence-corrected chi connectivity index (χ1v) is 4.87. The number of hydrogen-bond acceptors (Lipinski definition) is 6. The molecule has 0 amide bonds. The zero-order chi connectivity index (χ0) is 14.5. The van der Waals surface area contributed by atoms with E-state index < -0.39 is 43.6 Å². The summed E-state index contributed by atoms with van der Waals surface area (Å²) in [7, 11) is 0. The number of nitrogens with zero attached hydrogens (tertiary/aromatic N) is 3. The van der Waals surface area contributed by atoms with Gasteiger partial charge < -0.3 is 10.4 Å². The van der Waals surface area contributed by atoms with Gasteiger partial charge in [-0.25, -0.2) is 4.39 Å². The maximum Gasteiger partial charge on any atom is 0.352 e. The van der Waals surface area contributed by atoms with Crippen LogP contribution in [0.2, 0.25) is 5.02 Å². The van der Waals surface area contributed by atoms with Crippen LogP contribution in [-0.4, -0.2) is 24.8 Å². The second kappa shape index (κ2) is 3.95. The zero-order valence-corrected chi connectivity index (χ0v) is 9.46. The van der Waals surface area contributed by atoms with E-state index in [2.05, 4.69) is 0 Å². The van der Waals surface area contributed by atoms with Crippen LogP contribution in [0.1, 0.15) is 0 Å².